The number of nitrogen functional groups attached to an aromatic ring is 1. The number of anilines is 1. The quantitative estimate of drug-likeness (QED) is 0.655. The van der Waals surface area contributed by atoms with E-state index in [1.807, 2.05) is 0 Å². The van der Waals surface area contributed by atoms with E-state index < -0.39 is 5.82 Å². The first-order valence-electron chi connectivity index (χ1n) is 4.97. The SMILES string of the molecule is NNc1nc(Oc2ccc(F)c(Cl)c2)c(Cl)cc1Cl. The van der Waals surface area contributed by atoms with Crippen molar-refractivity contribution in [2.24, 2.45) is 5.84 Å². The van der Waals surface area contributed by atoms with Gasteiger partial charge in [-0.05, 0) is 18.2 Å². The minimum atomic E-state index is -0.548. The Morgan fingerprint density at radius 1 is 1.11 bits per heavy atom. The van der Waals surface area contributed by atoms with Crippen LogP contribution >= 0.6 is 34.8 Å². The second-order valence-corrected chi connectivity index (χ2v) is 4.65. The van der Waals surface area contributed by atoms with Crippen LogP contribution in [0.1, 0.15) is 0 Å². The van der Waals surface area contributed by atoms with Crippen molar-refractivity contribution in [1.82, 2.24) is 4.98 Å². The molecule has 0 fully saturated rings. The Morgan fingerprint density at radius 3 is 2.47 bits per heavy atom. The van der Waals surface area contributed by atoms with Crippen LogP contribution in [0.15, 0.2) is 24.3 Å². The zero-order chi connectivity index (χ0) is 14.0. The smallest absolute Gasteiger partial charge is 0.240 e. The molecule has 0 aliphatic carbocycles. The van der Waals surface area contributed by atoms with Gasteiger partial charge in [0.05, 0.1) is 10.0 Å². The summed E-state index contributed by atoms with van der Waals surface area (Å²) in [6.45, 7) is 0. The highest BCUT2D eigenvalue weighted by molar-refractivity contribution is 6.36. The monoisotopic (exact) mass is 321 g/mol. The molecule has 1 heterocycles. The number of rotatable bonds is 3. The van der Waals surface area contributed by atoms with E-state index in [1.54, 1.807) is 0 Å². The van der Waals surface area contributed by atoms with Crippen molar-refractivity contribution < 1.29 is 9.13 Å². The summed E-state index contributed by atoms with van der Waals surface area (Å²) < 4.78 is 18.4. The molecule has 19 heavy (non-hydrogen) atoms. The molecule has 0 aliphatic rings. The van der Waals surface area contributed by atoms with Gasteiger partial charge < -0.3 is 10.2 Å². The Bertz CT molecular complexity index is 624. The number of hydrazine groups is 1. The summed E-state index contributed by atoms with van der Waals surface area (Å²) in [6, 6.07) is 5.29. The molecule has 3 N–H and O–H groups in total. The lowest BCUT2D eigenvalue weighted by Gasteiger charge is -2.10. The number of halogens is 4. The van der Waals surface area contributed by atoms with Gasteiger partial charge in [0, 0.05) is 6.07 Å². The zero-order valence-electron chi connectivity index (χ0n) is 9.25. The topological polar surface area (TPSA) is 60.2 Å². The van der Waals surface area contributed by atoms with Crippen LogP contribution in [0.5, 0.6) is 11.6 Å². The lowest BCUT2D eigenvalue weighted by Crippen LogP contribution is -2.09. The average Bonchev–Trinajstić information content (AvgIpc) is 2.37. The van der Waals surface area contributed by atoms with Gasteiger partial charge in [-0.2, -0.15) is 4.98 Å². The Labute approximate surface area is 123 Å². The van der Waals surface area contributed by atoms with Crippen LogP contribution < -0.4 is 16.0 Å². The molecule has 0 radical (unpaired) electrons. The minimum absolute atomic E-state index is 0.0697. The molecule has 0 saturated heterocycles. The van der Waals surface area contributed by atoms with Gasteiger partial charge >= 0.3 is 0 Å². The first kappa shape index (κ1) is 14.1. The molecule has 1 aromatic heterocycles. The number of nitrogens with two attached hydrogens (primary N) is 1. The van der Waals surface area contributed by atoms with E-state index in [0.717, 1.165) is 0 Å². The molecular formula is C11H7Cl3FN3O. The van der Waals surface area contributed by atoms with Crippen LogP contribution in [-0.2, 0) is 0 Å². The molecule has 0 saturated carbocycles. The van der Waals surface area contributed by atoms with Gasteiger partial charge in [-0.15, -0.1) is 0 Å². The summed E-state index contributed by atoms with van der Waals surface area (Å²) in [7, 11) is 0. The Hall–Kier alpha value is -1.27. The van der Waals surface area contributed by atoms with Crippen molar-refractivity contribution in [2.75, 3.05) is 5.43 Å². The van der Waals surface area contributed by atoms with E-state index in [0.29, 0.717) is 0 Å². The summed E-state index contributed by atoms with van der Waals surface area (Å²) in [5, 5.41) is 0.362. The molecule has 4 nitrogen and oxygen atoms in total. The van der Waals surface area contributed by atoms with Gasteiger partial charge in [0.1, 0.15) is 16.6 Å². The summed E-state index contributed by atoms with van der Waals surface area (Å²) in [5.41, 5.74) is 2.30. The van der Waals surface area contributed by atoms with Gasteiger partial charge in [0.15, 0.2) is 5.82 Å². The second kappa shape index (κ2) is 5.79. The number of aromatic nitrogens is 1. The normalized spacial score (nSPS) is 10.4. The van der Waals surface area contributed by atoms with Crippen LogP contribution in [0.2, 0.25) is 15.1 Å². The molecule has 0 bridgehead atoms. The Balaban J connectivity index is 2.34. The molecular weight excluding hydrogens is 315 g/mol. The first-order valence-corrected chi connectivity index (χ1v) is 6.10. The third-order valence-corrected chi connectivity index (χ3v) is 2.99. The predicted molar refractivity (Wildman–Crippen MR) is 73.6 cm³/mol. The van der Waals surface area contributed by atoms with Crippen molar-refractivity contribution in [2.45, 2.75) is 0 Å². The number of ether oxygens (including phenoxy) is 1. The molecule has 100 valence electrons. The fraction of sp³-hybridized carbons (Fsp3) is 0. The summed E-state index contributed by atoms with van der Waals surface area (Å²) >= 11 is 17.4. The third kappa shape index (κ3) is 3.19. The highest BCUT2D eigenvalue weighted by atomic mass is 35.5. The van der Waals surface area contributed by atoms with E-state index in [1.165, 1.54) is 24.3 Å². The molecule has 8 heteroatoms. The maximum atomic E-state index is 13.0. The first-order chi connectivity index (χ1) is 9.01. The highest BCUT2D eigenvalue weighted by Crippen LogP contribution is 2.34. The van der Waals surface area contributed by atoms with Crippen molar-refractivity contribution in [1.29, 1.82) is 0 Å². The largest absolute Gasteiger partial charge is 0.437 e. The lowest BCUT2D eigenvalue weighted by molar-refractivity contribution is 0.462. The molecule has 2 rings (SSSR count). The van der Waals surface area contributed by atoms with Crippen LogP contribution in [0, 0.1) is 5.82 Å². The van der Waals surface area contributed by atoms with E-state index in [4.69, 9.17) is 45.4 Å². The number of benzene rings is 1. The fourth-order valence-corrected chi connectivity index (χ4v) is 1.90. The minimum Gasteiger partial charge on any atom is -0.437 e. The van der Waals surface area contributed by atoms with Crippen molar-refractivity contribution in [3.05, 3.63) is 45.2 Å². The third-order valence-electron chi connectivity index (χ3n) is 2.14. The van der Waals surface area contributed by atoms with Gasteiger partial charge in [0.2, 0.25) is 5.88 Å². The predicted octanol–water partition coefficient (Wildman–Crippen LogP) is 4.26. The van der Waals surface area contributed by atoms with Crippen LogP contribution in [0.4, 0.5) is 10.2 Å². The fourth-order valence-electron chi connectivity index (χ4n) is 1.27. The van der Waals surface area contributed by atoms with Gasteiger partial charge in [-0.25, -0.2) is 10.2 Å². The Kier molecular flexibility index (Phi) is 4.31. The second-order valence-electron chi connectivity index (χ2n) is 3.43. The molecule has 0 aliphatic heterocycles. The molecule has 0 spiro atoms. The van der Waals surface area contributed by atoms with E-state index in [2.05, 4.69) is 10.4 Å². The number of nitrogens with one attached hydrogen (secondary N) is 1. The Morgan fingerprint density at radius 2 is 1.84 bits per heavy atom. The zero-order valence-corrected chi connectivity index (χ0v) is 11.5. The van der Waals surface area contributed by atoms with E-state index >= 15 is 0 Å². The summed E-state index contributed by atoms with van der Waals surface area (Å²) in [4.78, 5) is 3.98. The van der Waals surface area contributed by atoms with Gasteiger partial charge in [-0.1, -0.05) is 34.8 Å². The molecule has 0 amide bonds. The maximum Gasteiger partial charge on any atom is 0.240 e. The average molecular weight is 323 g/mol. The van der Waals surface area contributed by atoms with Crippen LogP contribution in [-0.4, -0.2) is 4.98 Å². The summed E-state index contributed by atoms with van der Waals surface area (Å²) in [6.07, 6.45) is 0. The van der Waals surface area contributed by atoms with Crippen molar-refractivity contribution in [3.8, 4) is 11.6 Å². The molecule has 1 aromatic carbocycles. The molecule has 2 aromatic rings. The highest BCUT2D eigenvalue weighted by Gasteiger charge is 2.11. The molecule has 0 atom stereocenters. The lowest BCUT2D eigenvalue weighted by atomic mass is 10.3. The number of hydrogen-bond acceptors (Lipinski definition) is 4. The van der Waals surface area contributed by atoms with E-state index in [9.17, 15) is 4.39 Å². The maximum absolute atomic E-state index is 13.0. The van der Waals surface area contributed by atoms with Crippen LogP contribution in [0.3, 0.4) is 0 Å². The van der Waals surface area contributed by atoms with Crippen LogP contribution in [0.25, 0.3) is 0 Å². The van der Waals surface area contributed by atoms with E-state index in [-0.39, 0.29) is 32.5 Å². The molecule has 0 unspecified atom stereocenters. The summed E-state index contributed by atoms with van der Waals surface area (Å²) in [5.74, 6) is 5.25. The van der Waals surface area contributed by atoms with Gasteiger partial charge in [0.25, 0.3) is 0 Å². The van der Waals surface area contributed by atoms with Gasteiger partial charge in [-0.3, -0.25) is 0 Å². The number of pyridine rings is 1. The standard InChI is InChI=1S/C11H7Cl3FN3O/c12-6-3-5(1-2-9(6)15)19-11-8(14)4-7(13)10(17-11)18-16/h1-4H,16H2,(H,17,18). The van der Waals surface area contributed by atoms with Crippen molar-refractivity contribution in [3.63, 3.8) is 0 Å². The number of hydrogen-bond donors (Lipinski definition) is 2. The number of nitrogens with zero attached hydrogens (tertiary/aromatic N) is 1. The van der Waals surface area contributed by atoms with Crippen molar-refractivity contribution >= 4 is 40.6 Å².